The maximum atomic E-state index is 11.7. The van der Waals surface area contributed by atoms with Crippen molar-refractivity contribution in [2.24, 2.45) is 5.92 Å². The fourth-order valence-corrected chi connectivity index (χ4v) is 2.50. The van der Waals surface area contributed by atoms with Gasteiger partial charge in [0.15, 0.2) is 0 Å². The molecule has 6 nitrogen and oxygen atoms in total. The van der Waals surface area contributed by atoms with Crippen molar-refractivity contribution in [2.45, 2.75) is 19.8 Å². The van der Waals surface area contributed by atoms with E-state index < -0.39 is 0 Å². The van der Waals surface area contributed by atoms with Crippen molar-refractivity contribution in [3.8, 4) is 0 Å². The predicted molar refractivity (Wildman–Crippen MR) is 86.8 cm³/mol. The van der Waals surface area contributed by atoms with Crippen LogP contribution in [0.5, 0.6) is 0 Å². The van der Waals surface area contributed by atoms with Crippen LogP contribution in [0.25, 0.3) is 0 Å². The third-order valence-corrected chi connectivity index (χ3v) is 3.72. The van der Waals surface area contributed by atoms with Crippen molar-refractivity contribution >= 4 is 17.6 Å². The van der Waals surface area contributed by atoms with Crippen LogP contribution in [-0.4, -0.2) is 38.1 Å². The molecule has 0 saturated carbocycles. The monoisotopic (exact) mass is 304 g/mol. The zero-order valence-corrected chi connectivity index (χ0v) is 12.9. The van der Waals surface area contributed by atoms with Gasteiger partial charge in [-0.3, -0.25) is 4.79 Å². The zero-order chi connectivity index (χ0) is 15.8. The van der Waals surface area contributed by atoms with Crippen molar-refractivity contribution in [3.05, 3.63) is 29.8 Å². The molecule has 22 heavy (non-hydrogen) atoms. The van der Waals surface area contributed by atoms with Crippen LogP contribution in [0.2, 0.25) is 0 Å². The molecule has 6 heteroatoms. The van der Waals surface area contributed by atoms with Crippen LogP contribution < -0.4 is 21.3 Å². The largest absolute Gasteiger partial charge is 0.355 e. The van der Waals surface area contributed by atoms with Crippen LogP contribution in [0, 0.1) is 12.8 Å². The van der Waals surface area contributed by atoms with Gasteiger partial charge in [-0.05, 0) is 56.5 Å². The lowest BCUT2D eigenvalue weighted by Gasteiger charge is -2.10. The predicted octanol–water partition coefficient (Wildman–Crippen LogP) is 1.23. The van der Waals surface area contributed by atoms with Gasteiger partial charge in [0.25, 0.3) is 0 Å². The summed E-state index contributed by atoms with van der Waals surface area (Å²) in [5.41, 5.74) is 1.78. The molecular weight excluding hydrogens is 280 g/mol. The topological polar surface area (TPSA) is 82.3 Å². The molecule has 1 aliphatic heterocycles. The van der Waals surface area contributed by atoms with Gasteiger partial charge < -0.3 is 21.3 Å². The van der Waals surface area contributed by atoms with E-state index in [1.807, 2.05) is 31.2 Å². The summed E-state index contributed by atoms with van der Waals surface area (Å²) >= 11 is 0. The highest BCUT2D eigenvalue weighted by Crippen LogP contribution is 2.10. The lowest BCUT2D eigenvalue weighted by atomic mass is 10.1. The van der Waals surface area contributed by atoms with E-state index >= 15 is 0 Å². The summed E-state index contributed by atoms with van der Waals surface area (Å²) in [6.07, 6.45) is 2.15. The van der Waals surface area contributed by atoms with E-state index in [-0.39, 0.29) is 18.5 Å². The van der Waals surface area contributed by atoms with Crippen molar-refractivity contribution in [1.82, 2.24) is 16.0 Å². The number of urea groups is 1. The smallest absolute Gasteiger partial charge is 0.319 e. The third-order valence-electron chi connectivity index (χ3n) is 3.72. The molecule has 3 amide bonds. The maximum Gasteiger partial charge on any atom is 0.319 e. The number of hydrogen-bond acceptors (Lipinski definition) is 3. The average molecular weight is 304 g/mol. The molecule has 1 aliphatic rings. The molecule has 120 valence electrons. The number of hydrogen-bond donors (Lipinski definition) is 4. The average Bonchev–Trinajstić information content (AvgIpc) is 2.98. The quantitative estimate of drug-likeness (QED) is 0.638. The van der Waals surface area contributed by atoms with Crippen LogP contribution in [0.3, 0.4) is 0 Å². The summed E-state index contributed by atoms with van der Waals surface area (Å²) in [6.45, 7) is 4.70. The molecule has 1 aromatic rings. The third kappa shape index (κ3) is 5.73. The van der Waals surface area contributed by atoms with Crippen LogP contribution in [0.15, 0.2) is 24.3 Å². The number of anilines is 1. The molecule has 1 saturated heterocycles. The van der Waals surface area contributed by atoms with E-state index in [0.717, 1.165) is 25.1 Å². The minimum atomic E-state index is -0.374. The molecule has 1 fully saturated rings. The Bertz CT molecular complexity index is 513. The molecule has 4 N–H and O–H groups in total. The van der Waals surface area contributed by atoms with Gasteiger partial charge in [0.1, 0.15) is 0 Å². The lowest BCUT2D eigenvalue weighted by Crippen LogP contribution is -2.39. The van der Waals surface area contributed by atoms with Crippen molar-refractivity contribution in [2.75, 3.05) is 31.5 Å². The molecule has 0 bridgehead atoms. The van der Waals surface area contributed by atoms with Crippen molar-refractivity contribution < 1.29 is 9.59 Å². The van der Waals surface area contributed by atoms with Gasteiger partial charge >= 0.3 is 6.03 Å². The minimum Gasteiger partial charge on any atom is -0.355 e. The number of rotatable bonds is 6. The van der Waals surface area contributed by atoms with Crippen LogP contribution in [0.1, 0.15) is 18.4 Å². The number of amides is 3. The van der Waals surface area contributed by atoms with Gasteiger partial charge in [0, 0.05) is 12.2 Å². The highest BCUT2D eigenvalue weighted by molar-refractivity contribution is 5.92. The summed E-state index contributed by atoms with van der Waals surface area (Å²) in [6, 6.07) is 7.13. The molecule has 1 unspecified atom stereocenters. The molecule has 1 heterocycles. The number of benzene rings is 1. The second-order valence-corrected chi connectivity index (χ2v) is 5.67. The first-order valence-corrected chi connectivity index (χ1v) is 7.72. The summed E-state index contributed by atoms with van der Waals surface area (Å²) in [5, 5.41) is 11.4. The molecule has 0 aromatic heterocycles. The van der Waals surface area contributed by atoms with E-state index in [1.54, 1.807) is 0 Å². The van der Waals surface area contributed by atoms with E-state index in [2.05, 4.69) is 21.3 Å². The Labute approximate surface area is 131 Å². The first-order valence-electron chi connectivity index (χ1n) is 7.72. The summed E-state index contributed by atoms with van der Waals surface area (Å²) < 4.78 is 0. The van der Waals surface area contributed by atoms with Crippen LogP contribution in [0.4, 0.5) is 10.5 Å². The van der Waals surface area contributed by atoms with Crippen molar-refractivity contribution in [3.63, 3.8) is 0 Å². The lowest BCUT2D eigenvalue weighted by molar-refractivity contribution is -0.120. The Balaban J connectivity index is 1.59. The zero-order valence-electron chi connectivity index (χ0n) is 12.9. The van der Waals surface area contributed by atoms with Gasteiger partial charge in [-0.2, -0.15) is 0 Å². The molecule has 0 aliphatic carbocycles. The van der Waals surface area contributed by atoms with Gasteiger partial charge in [0.05, 0.1) is 6.54 Å². The SMILES string of the molecule is Cc1cccc(NC(=O)NCC(=O)NCCC2CCNC2)c1. The Morgan fingerprint density at radius 2 is 2.18 bits per heavy atom. The molecule has 1 aromatic carbocycles. The molecule has 1 atom stereocenters. The van der Waals surface area contributed by atoms with E-state index in [1.165, 1.54) is 6.42 Å². The number of aryl methyl sites for hydroxylation is 1. The second kappa shape index (κ2) is 8.38. The minimum absolute atomic E-state index is 0.0133. The Morgan fingerprint density at radius 1 is 1.32 bits per heavy atom. The highest BCUT2D eigenvalue weighted by atomic mass is 16.2. The molecular formula is C16H24N4O2. The molecule has 0 spiro atoms. The molecule has 2 rings (SSSR count). The Hall–Kier alpha value is -2.08. The first-order chi connectivity index (χ1) is 10.6. The highest BCUT2D eigenvalue weighted by Gasteiger charge is 2.14. The Kier molecular flexibility index (Phi) is 6.21. The van der Waals surface area contributed by atoms with Gasteiger partial charge in [-0.1, -0.05) is 12.1 Å². The number of nitrogens with one attached hydrogen (secondary N) is 4. The maximum absolute atomic E-state index is 11.7. The number of carbonyl (C=O) groups excluding carboxylic acids is 2. The van der Waals surface area contributed by atoms with Crippen LogP contribution in [-0.2, 0) is 4.79 Å². The number of carbonyl (C=O) groups is 2. The van der Waals surface area contributed by atoms with Gasteiger partial charge in [0.2, 0.25) is 5.91 Å². The molecule has 0 radical (unpaired) electrons. The normalized spacial score (nSPS) is 17.0. The summed E-state index contributed by atoms with van der Waals surface area (Å²) in [7, 11) is 0. The Morgan fingerprint density at radius 3 is 2.91 bits per heavy atom. The van der Waals surface area contributed by atoms with Crippen LogP contribution >= 0.6 is 0 Å². The van der Waals surface area contributed by atoms with Gasteiger partial charge in [-0.25, -0.2) is 4.79 Å². The van der Waals surface area contributed by atoms with E-state index in [4.69, 9.17) is 0 Å². The standard InChI is InChI=1S/C16H24N4O2/c1-12-3-2-4-14(9-12)20-16(22)19-11-15(21)18-8-6-13-5-7-17-10-13/h2-4,9,13,17H,5-8,10-11H2,1H3,(H,18,21)(H2,19,20,22). The fourth-order valence-electron chi connectivity index (χ4n) is 2.50. The second-order valence-electron chi connectivity index (χ2n) is 5.67. The van der Waals surface area contributed by atoms with Gasteiger partial charge in [-0.15, -0.1) is 0 Å². The fraction of sp³-hybridized carbons (Fsp3) is 0.500. The van der Waals surface area contributed by atoms with E-state index in [9.17, 15) is 9.59 Å². The van der Waals surface area contributed by atoms with Crippen molar-refractivity contribution in [1.29, 1.82) is 0 Å². The summed E-state index contributed by atoms with van der Waals surface area (Å²) in [5.74, 6) is 0.489. The summed E-state index contributed by atoms with van der Waals surface area (Å²) in [4.78, 5) is 23.4. The van der Waals surface area contributed by atoms with E-state index in [0.29, 0.717) is 18.2 Å². The first kappa shape index (κ1) is 16.3.